The van der Waals surface area contributed by atoms with E-state index in [-0.39, 0.29) is 0 Å². The highest BCUT2D eigenvalue weighted by Gasteiger charge is 1.82. The molecule has 0 radical (unpaired) electrons. The average Bonchev–Trinajstić information content (AvgIpc) is 2.00. The minimum atomic E-state index is 0.329. The molecule has 0 aliphatic heterocycles. The van der Waals surface area contributed by atoms with Crippen LogP contribution in [0.2, 0.25) is 0 Å². The smallest absolute Gasteiger partial charge is 0.115 e. The summed E-state index contributed by atoms with van der Waals surface area (Å²) < 4.78 is 0. The van der Waals surface area contributed by atoms with Gasteiger partial charge in [0.1, 0.15) is 5.75 Å². The van der Waals surface area contributed by atoms with E-state index in [0.29, 0.717) is 5.75 Å². The number of hydrogen-bond acceptors (Lipinski definition) is 1. The van der Waals surface area contributed by atoms with Crippen LogP contribution in [0.25, 0.3) is 0 Å². The summed E-state index contributed by atoms with van der Waals surface area (Å²) in [7, 11) is 2.42. The normalized spacial score (nSPS) is 7.90. The van der Waals surface area contributed by atoms with Crippen molar-refractivity contribution in [2.75, 3.05) is 6.66 Å². The summed E-state index contributed by atoms with van der Waals surface area (Å²) >= 11 is 0. The van der Waals surface area contributed by atoms with E-state index in [1.165, 1.54) is 5.56 Å². The molecule has 0 aromatic heterocycles. The molecule has 1 aromatic rings. The van der Waals surface area contributed by atoms with Crippen LogP contribution in [0.5, 0.6) is 5.75 Å². The number of aryl methyl sites for hydroxylation is 1. The van der Waals surface area contributed by atoms with E-state index in [4.69, 9.17) is 5.11 Å². The highest BCUT2D eigenvalue weighted by molar-refractivity contribution is 7.15. The summed E-state index contributed by atoms with van der Waals surface area (Å²) in [5.41, 5.74) is 1.17. The molecule has 0 aliphatic rings. The second-order valence-electron chi connectivity index (χ2n) is 1.84. The van der Waals surface area contributed by atoms with Crippen LogP contribution in [-0.4, -0.2) is 11.8 Å². The predicted molar refractivity (Wildman–Crippen MR) is 48.5 cm³/mol. The Balaban J connectivity index is 0.000000371. The third-order valence-electron chi connectivity index (χ3n) is 1.03. The zero-order valence-electron chi connectivity index (χ0n) is 6.33. The highest BCUT2D eigenvalue weighted by Crippen LogP contribution is 2.07. The second-order valence-corrected chi connectivity index (χ2v) is 1.84. The predicted octanol–water partition coefficient (Wildman–Crippen LogP) is 2.19. The van der Waals surface area contributed by atoms with Crippen molar-refractivity contribution >= 4 is 9.24 Å². The summed E-state index contributed by atoms with van der Waals surface area (Å²) in [4.78, 5) is 0. The van der Waals surface area contributed by atoms with Gasteiger partial charge in [0.2, 0.25) is 0 Å². The Morgan fingerprint density at radius 3 is 1.80 bits per heavy atom. The van der Waals surface area contributed by atoms with Gasteiger partial charge in [-0.15, -0.1) is 9.24 Å². The van der Waals surface area contributed by atoms with E-state index in [1.54, 1.807) is 12.1 Å². The van der Waals surface area contributed by atoms with Crippen LogP contribution in [0.3, 0.4) is 0 Å². The maximum absolute atomic E-state index is 8.76. The number of rotatable bonds is 0. The van der Waals surface area contributed by atoms with Crippen molar-refractivity contribution in [1.82, 2.24) is 0 Å². The molecule has 10 heavy (non-hydrogen) atoms. The fraction of sp³-hybridized carbons (Fsp3) is 0.250. The van der Waals surface area contributed by atoms with Crippen molar-refractivity contribution < 1.29 is 5.11 Å². The van der Waals surface area contributed by atoms with Crippen LogP contribution in [0.4, 0.5) is 0 Å². The van der Waals surface area contributed by atoms with Gasteiger partial charge in [-0.3, -0.25) is 0 Å². The van der Waals surface area contributed by atoms with Crippen LogP contribution in [-0.2, 0) is 0 Å². The molecule has 0 amide bonds. The van der Waals surface area contributed by atoms with Crippen LogP contribution in [0.15, 0.2) is 24.3 Å². The van der Waals surface area contributed by atoms with Crippen molar-refractivity contribution in [2.24, 2.45) is 0 Å². The lowest BCUT2D eigenvalue weighted by Gasteiger charge is -1.89. The summed E-state index contributed by atoms with van der Waals surface area (Å²) in [6, 6.07) is 7.09. The minimum Gasteiger partial charge on any atom is -0.508 e. The SMILES string of the molecule is CP.Cc1ccc(O)cc1. The van der Waals surface area contributed by atoms with Gasteiger partial charge in [-0.25, -0.2) is 0 Å². The van der Waals surface area contributed by atoms with Gasteiger partial charge in [0.25, 0.3) is 0 Å². The molecule has 0 fully saturated rings. The van der Waals surface area contributed by atoms with Gasteiger partial charge in [0.15, 0.2) is 0 Å². The van der Waals surface area contributed by atoms with E-state index in [2.05, 4.69) is 9.24 Å². The van der Waals surface area contributed by atoms with Crippen LogP contribution in [0.1, 0.15) is 5.56 Å². The average molecular weight is 156 g/mol. The highest BCUT2D eigenvalue weighted by atomic mass is 31.0. The first-order chi connectivity index (χ1) is 4.79. The zero-order chi connectivity index (χ0) is 7.98. The van der Waals surface area contributed by atoms with Crippen molar-refractivity contribution in [2.45, 2.75) is 6.92 Å². The molecule has 1 rings (SSSR count). The summed E-state index contributed by atoms with van der Waals surface area (Å²) in [5.74, 6) is 0.329. The molecule has 1 unspecified atom stereocenters. The molecule has 0 saturated heterocycles. The van der Waals surface area contributed by atoms with Gasteiger partial charge in [0, 0.05) is 0 Å². The molecule has 2 heteroatoms. The molecule has 1 N–H and O–H groups in total. The minimum absolute atomic E-state index is 0.329. The molecule has 1 aromatic carbocycles. The number of aromatic hydroxyl groups is 1. The summed E-state index contributed by atoms with van der Waals surface area (Å²) in [6.45, 7) is 3.90. The number of phenolic OH excluding ortho intramolecular Hbond substituents is 1. The van der Waals surface area contributed by atoms with Crippen molar-refractivity contribution in [1.29, 1.82) is 0 Å². The summed E-state index contributed by atoms with van der Waals surface area (Å²) in [5, 5.41) is 8.76. The van der Waals surface area contributed by atoms with E-state index in [1.807, 2.05) is 25.7 Å². The summed E-state index contributed by atoms with van der Waals surface area (Å²) in [6.07, 6.45) is 0. The van der Waals surface area contributed by atoms with Gasteiger partial charge in [-0.1, -0.05) is 24.4 Å². The maximum atomic E-state index is 8.76. The number of hydrogen-bond donors (Lipinski definition) is 1. The quantitative estimate of drug-likeness (QED) is 0.571. The Labute approximate surface area is 64.3 Å². The second kappa shape index (κ2) is 5.25. The topological polar surface area (TPSA) is 20.2 Å². The number of phenols is 1. The Morgan fingerprint density at radius 1 is 1.10 bits per heavy atom. The molecule has 0 spiro atoms. The lowest BCUT2D eigenvalue weighted by molar-refractivity contribution is 0.475. The Hall–Kier alpha value is -0.550. The molecule has 0 bridgehead atoms. The fourth-order valence-corrected chi connectivity index (χ4v) is 0.545. The van der Waals surface area contributed by atoms with E-state index in [0.717, 1.165) is 0 Å². The van der Waals surface area contributed by atoms with Crippen molar-refractivity contribution in [3.05, 3.63) is 29.8 Å². The van der Waals surface area contributed by atoms with E-state index >= 15 is 0 Å². The monoisotopic (exact) mass is 156 g/mol. The molecular formula is C8H13OP. The molecule has 1 atom stereocenters. The number of benzene rings is 1. The first kappa shape index (κ1) is 9.45. The lowest BCUT2D eigenvalue weighted by Crippen LogP contribution is -1.66. The van der Waals surface area contributed by atoms with Gasteiger partial charge in [-0.2, -0.15) is 0 Å². The molecule has 0 saturated carbocycles. The van der Waals surface area contributed by atoms with E-state index < -0.39 is 0 Å². The maximum Gasteiger partial charge on any atom is 0.115 e. The van der Waals surface area contributed by atoms with E-state index in [9.17, 15) is 0 Å². The Kier molecular flexibility index (Phi) is 4.96. The first-order valence-electron chi connectivity index (χ1n) is 3.12. The van der Waals surface area contributed by atoms with Gasteiger partial charge >= 0.3 is 0 Å². The van der Waals surface area contributed by atoms with Crippen molar-refractivity contribution in [3.63, 3.8) is 0 Å². The molecule has 56 valence electrons. The Morgan fingerprint density at radius 2 is 1.50 bits per heavy atom. The standard InChI is InChI=1S/C7H8O.CH5P/c1-6-2-4-7(8)5-3-6;1-2/h2-5,8H,1H3;2H2,1H3. The van der Waals surface area contributed by atoms with Crippen LogP contribution in [0, 0.1) is 6.92 Å². The van der Waals surface area contributed by atoms with Gasteiger partial charge in [0.05, 0.1) is 0 Å². The lowest BCUT2D eigenvalue weighted by atomic mass is 10.2. The van der Waals surface area contributed by atoms with Crippen LogP contribution < -0.4 is 0 Å². The fourth-order valence-electron chi connectivity index (χ4n) is 0.545. The molecular weight excluding hydrogens is 143 g/mol. The first-order valence-corrected chi connectivity index (χ1v) is 4.28. The van der Waals surface area contributed by atoms with Crippen molar-refractivity contribution in [3.8, 4) is 5.75 Å². The van der Waals surface area contributed by atoms with Crippen LogP contribution >= 0.6 is 9.24 Å². The van der Waals surface area contributed by atoms with Gasteiger partial charge < -0.3 is 5.11 Å². The molecule has 0 heterocycles. The third kappa shape index (κ3) is 3.47. The largest absolute Gasteiger partial charge is 0.508 e. The molecule has 1 nitrogen and oxygen atoms in total. The molecule has 0 aliphatic carbocycles. The van der Waals surface area contributed by atoms with Gasteiger partial charge in [-0.05, 0) is 19.1 Å². The Bertz CT molecular complexity index is 148. The zero-order valence-corrected chi connectivity index (χ0v) is 7.49. The third-order valence-corrected chi connectivity index (χ3v) is 1.03.